The first-order chi connectivity index (χ1) is 15.7. The summed E-state index contributed by atoms with van der Waals surface area (Å²) < 4.78 is 0. The summed E-state index contributed by atoms with van der Waals surface area (Å²) in [6.07, 6.45) is 4.42. The second-order valence-electron chi connectivity index (χ2n) is 8.64. The van der Waals surface area contributed by atoms with Gasteiger partial charge in [-0.25, -0.2) is 9.97 Å². The van der Waals surface area contributed by atoms with Crippen molar-refractivity contribution in [2.45, 2.75) is 18.9 Å². The topological polar surface area (TPSA) is 82.3 Å². The highest BCUT2D eigenvalue weighted by molar-refractivity contribution is 5.64. The number of nitrogens with zero attached hydrogens (tertiary/aromatic N) is 4. The summed E-state index contributed by atoms with van der Waals surface area (Å²) >= 11 is 0. The number of hydrogen-bond acceptors (Lipinski definition) is 7. The molecule has 5 rings (SSSR count). The van der Waals surface area contributed by atoms with Gasteiger partial charge in [0.25, 0.3) is 0 Å². The number of benzene rings is 2. The normalized spacial score (nSPS) is 19.2. The molecule has 7 nitrogen and oxygen atoms in total. The van der Waals surface area contributed by atoms with E-state index in [2.05, 4.69) is 54.7 Å². The number of nitrogen functional groups attached to an aromatic ring is 1. The van der Waals surface area contributed by atoms with Crippen LogP contribution < -0.4 is 21.3 Å². The van der Waals surface area contributed by atoms with Crippen LogP contribution in [-0.2, 0) is 0 Å². The summed E-state index contributed by atoms with van der Waals surface area (Å²) in [5.74, 6) is 0.584. The van der Waals surface area contributed by atoms with E-state index in [9.17, 15) is 0 Å². The van der Waals surface area contributed by atoms with Crippen LogP contribution in [0.15, 0.2) is 60.8 Å². The van der Waals surface area contributed by atoms with Gasteiger partial charge in [-0.2, -0.15) is 0 Å². The molecular formula is C25H31N7. The third-order valence-electron chi connectivity index (χ3n) is 6.36. The van der Waals surface area contributed by atoms with Crippen LogP contribution in [0.3, 0.4) is 0 Å². The van der Waals surface area contributed by atoms with E-state index in [1.54, 1.807) is 6.20 Å². The van der Waals surface area contributed by atoms with E-state index in [1.807, 2.05) is 30.3 Å². The lowest BCUT2D eigenvalue weighted by Crippen LogP contribution is -2.49. The molecule has 3 aromatic rings. The van der Waals surface area contributed by atoms with Crippen molar-refractivity contribution >= 4 is 23.0 Å². The van der Waals surface area contributed by atoms with Crippen LogP contribution in [0.4, 0.5) is 23.0 Å². The fourth-order valence-corrected chi connectivity index (χ4v) is 4.53. The molecule has 4 N–H and O–H groups in total. The number of anilines is 4. The number of piperazine rings is 1. The van der Waals surface area contributed by atoms with Crippen LogP contribution in [-0.4, -0.2) is 60.2 Å². The van der Waals surface area contributed by atoms with Crippen molar-refractivity contribution in [3.63, 3.8) is 0 Å². The average molecular weight is 430 g/mol. The maximum absolute atomic E-state index is 5.79. The molecule has 0 unspecified atom stereocenters. The lowest BCUT2D eigenvalue weighted by Gasteiger charge is -2.37. The standard InChI is InChI=1S/C25H31N7/c26-20-5-3-19(4-6-20)24-11-13-28-25(30-24)29-21-7-9-23(10-8-21)32-16-14-31(15-17-32)18-22-2-1-12-27-22/h3-11,13,22,27H,1-2,12,14-18,26H2,(H,28,29,30)/t22-/m0/s1. The monoisotopic (exact) mass is 429 g/mol. The third-order valence-corrected chi connectivity index (χ3v) is 6.36. The van der Waals surface area contributed by atoms with Crippen molar-refractivity contribution in [2.24, 2.45) is 0 Å². The Hall–Kier alpha value is -3.16. The van der Waals surface area contributed by atoms with Crippen LogP contribution in [0.1, 0.15) is 12.8 Å². The third kappa shape index (κ3) is 5.00. The molecule has 2 aromatic carbocycles. The first kappa shape index (κ1) is 20.7. The lowest BCUT2D eigenvalue weighted by atomic mass is 10.1. The molecule has 0 radical (unpaired) electrons. The largest absolute Gasteiger partial charge is 0.399 e. The predicted molar refractivity (Wildman–Crippen MR) is 131 cm³/mol. The molecule has 0 spiro atoms. The summed E-state index contributed by atoms with van der Waals surface area (Å²) in [6, 6.07) is 18.9. The van der Waals surface area contributed by atoms with Crippen LogP contribution in [0.25, 0.3) is 11.3 Å². The number of nitrogens with one attached hydrogen (secondary N) is 2. The highest BCUT2D eigenvalue weighted by Gasteiger charge is 2.22. The Balaban J connectivity index is 1.17. The molecule has 2 saturated heterocycles. The van der Waals surface area contributed by atoms with Crippen LogP contribution in [0.5, 0.6) is 0 Å². The first-order valence-corrected chi connectivity index (χ1v) is 11.5. The Morgan fingerprint density at radius 2 is 1.75 bits per heavy atom. The van der Waals surface area contributed by atoms with Gasteiger partial charge < -0.3 is 21.3 Å². The second-order valence-corrected chi connectivity index (χ2v) is 8.64. The first-order valence-electron chi connectivity index (χ1n) is 11.5. The van der Waals surface area contributed by atoms with Gasteiger partial charge in [0.1, 0.15) is 0 Å². The molecule has 2 aliphatic rings. The lowest BCUT2D eigenvalue weighted by molar-refractivity contribution is 0.236. The van der Waals surface area contributed by atoms with Crippen LogP contribution >= 0.6 is 0 Å². The van der Waals surface area contributed by atoms with Crippen molar-refractivity contribution in [1.29, 1.82) is 0 Å². The molecular weight excluding hydrogens is 398 g/mol. The predicted octanol–water partition coefficient (Wildman–Crippen LogP) is 3.34. The van der Waals surface area contributed by atoms with Crippen molar-refractivity contribution in [3.8, 4) is 11.3 Å². The van der Waals surface area contributed by atoms with Gasteiger partial charge in [0.15, 0.2) is 0 Å². The van der Waals surface area contributed by atoms with E-state index in [1.165, 1.54) is 31.6 Å². The van der Waals surface area contributed by atoms with Gasteiger partial charge in [-0.05, 0) is 61.9 Å². The van der Waals surface area contributed by atoms with Crippen LogP contribution in [0, 0.1) is 0 Å². The summed E-state index contributed by atoms with van der Waals surface area (Å²) in [4.78, 5) is 14.1. The molecule has 2 fully saturated rings. The Labute approximate surface area is 189 Å². The zero-order chi connectivity index (χ0) is 21.8. The minimum atomic E-state index is 0.584. The van der Waals surface area contributed by atoms with Gasteiger partial charge in [-0.1, -0.05) is 12.1 Å². The summed E-state index contributed by atoms with van der Waals surface area (Å²) in [6.45, 7) is 6.78. The maximum Gasteiger partial charge on any atom is 0.227 e. The summed E-state index contributed by atoms with van der Waals surface area (Å²) in [5, 5.41) is 6.93. The molecule has 0 aliphatic carbocycles. The average Bonchev–Trinajstić information content (AvgIpc) is 3.34. The molecule has 3 heterocycles. The van der Waals surface area contributed by atoms with Crippen molar-refractivity contribution in [1.82, 2.24) is 20.2 Å². The second kappa shape index (κ2) is 9.54. The molecule has 0 saturated carbocycles. The smallest absolute Gasteiger partial charge is 0.227 e. The van der Waals surface area contributed by atoms with E-state index >= 15 is 0 Å². The van der Waals surface area contributed by atoms with Gasteiger partial charge in [0, 0.05) is 67.6 Å². The van der Waals surface area contributed by atoms with Gasteiger partial charge in [0.2, 0.25) is 5.95 Å². The number of nitrogens with two attached hydrogens (primary N) is 1. The highest BCUT2D eigenvalue weighted by atomic mass is 15.3. The van der Waals surface area contributed by atoms with Gasteiger partial charge >= 0.3 is 0 Å². The van der Waals surface area contributed by atoms with E-state index in [0.29, 0.717) is 12.0 Å². The van der Waals surface area contributed by atoms with Crippen molar-refractivity contribution < 1.29 is 0 Å². The highest BCUT2D eigenvalue weighted by Crippen LogP contribution is 2.23. The van der Waals surface area contributed by atoms with Crippen molar-refractivity contribution in [2.75, 3.05) is 55.2 Å². The van der Waals surface area contributed by atoms with Gasteiger partial charge in [-0.3, -0.25) is 4.90 Å². The number of aromatic nitrogens is 2. The van der Waals surface area contributed by atoms with E-state index in [4.69, 9.17) is 5.73 Å². The molecule has 7 heteroatoms. The molecule has 2 aliphatic heterocycles. The van der Waals surface area contributed by atoms with Gasteiger partial charge in [-0.15, -0.1) is 0 Å². The maximum atomic E-state index is 5.79. The number of hydrogen-bond donors (Lipinski definition) is 3. The minimum Gasteiger partial charge on any atom is -0.399 e. The molecule has 32 heavy (non-hydrogen) atoms. The van der Waals surface area contributed by atoms with E-state index in [0.717, 1.165) is 48.8 Å². The fourth-order valence-electron chi connectivity index (χ4n) is 4.53. The van der Waals surface area contributed by atoms with Crippen molar-refractivity contribution in [3.05, 3.63) is 60.8 Å². The van der Waals surface area contributed by atoms with Crippen LogP contribution in [0.2, 0.25) is 0 Å². The Morgan fingerprint density at radius 1 is 0.969 bits per heavy atom. The molecule has 0 amide bonds. The zero-order valence-corrected chi connectivity index (χ0v) is 18.4. The summed E-state index contributed by atoms with van der Waals surface area (Å²) in [5.41, 5.74) is 10.7. The quantitative estimate of drug-likeness (QED) is 0.519. The Bertz CT molecular complexity index is 1010. The van der Waals surface area contributed by atoms with E-state index < -0.39 is 0 Å². The fraction of sp³-hybridized carbons (Fsp3) is 0.360. The summed E-state index contributed by atoms with van der Waals surface area (Å²) in [7, 11) is 0. The SMILES string of the molecule is Nc1ccc(-c2ccnc(Nc3ccc(N4CCN(C[C@@H]5CCCN5)CC4)cc3)n2)cc1. The van der Waals surface area contributed by atoms with E-state index in [-0.39, 0.29) is 0 Å². The minimum absolute atomic E-state index is 0.584. The molecule has 1 aromatic heterocycles. The van der Waals surface area contributed by atoms with Gasteiger partial charge in [0.05, 0.1) is 5.69 Å². The number of rotatable bonds is 6. The Kier molecular flexibility index (Phi) is 6.18. The molecule has 1 atom stereocenters. The Morgan fingerprint density at radius 3 is 2.47 bits per heavy atom. The molecule has 0 bridgehead atoms. The molecule has 166 valence electrons. The zero-order valence-electron chi connectivity index (χ0n) is 18.4.